The van der Waals surface area contributed by atoms with E-state index in [0.29, 0.717) is 17.8 Å². The highest BCUT2D eigenvalue weighted by molar-refractivity contribution is 5.21. The van der Waals surface area contributed by atoms with Gasteiger partial charge >= 0.3 is 5.69 Å². The van der Waals surface area contributed by atoms with Gasteiger partial charge < -0.3 is 4.98 Å². The minimum Gasteiger partial charge on any atom is -0.311 e. The van der Waals surface area contributed by atoms with Gasteiger partial charge in [-0.2, -0.15) is 0 Å². The molecule has 78 valence electrons. The quantitative estimate of drug-likeness (QED) is 0.663. The lowest BCUT2D eigenvalue weighted by molar-refractivity contribution is 0.565. The number of fused-ring (bicyclic) bond motifs is 2. The lowest BCUT2D eigenvalue weighted by Crippen LogP contribution is -2.25. The molecule has 3 unspecified atom stereocenters. The fraction of sp³-hybridized carbons (Fsp3) is 0.455. The summed E-state index contributed by atoms with van der Waals surface area (Å²) in [5.41, 5.74) is 0.0883. The van der Waals surface area contributed by atoms with Gasteiger partial charge in [0.15, 0.2) is 0 Å². The number of aromatic nitrogens is 2. The van der Waals surface area contributed by atoms with Crippen molar-refractivity contribution in [1.29, 1.82) is 0 Å². The van der Waals surface area contributed by atoms with E-state index in [-0.39, 0.29) is 5.56 Å². The highest BCUT2D eigenvalue weighted by Gasteiger charge is 2.37. The molecular weight excluding hydrogens is 192 g/mol. The van der Waals surface area contributed by atoms with Crippen LogP contribution in [0, 0.1) is 11.8 Å². The van der Waals surface area contributed by atoms with E-state index < -0.39 is 5.69 Å². The van der Waals surface area contributed by atoms with Crippen LogP contribution in [0.1, 0.15) is 24.5 Å². The SMILES string of the molecule is O=c1cc(C2CC3C=CC2C3)[nH]c(=O)[nH]1. The molecule has 0 radical (unpaired) electrons. The van der Waals surface area contributed by atoms with Gasteiger partial charge in [-0.1, -0.05) is 12.2 Å². The van der Waals surface area contributed by atoms with Crippen molar-refractivity contribution in [3.8, 4) is 0 Å². The van der Waals surface area contributed by atoms with Crippen molar-refractivity contribution in [2.45, 2.75) is 18.8 Å². The first-order valence-electron chi connectivity index (χ1n) is 5.24. The molecule has 1 heterocycles. The molecule has 4 nitrogen and oxygen atoms in total. The van der Waals surface area contributed by atoms with Crippen LogP contribution in [0.4, 0.5) is 0 Å². The summed E-state index contributed by atoms with van der Waals surface area (Å²) in [4.78, 5) is 27.2. The maximum absolute atomic E-state index is 11.2. The normalized spacial score (nSPS) is 32.4. The third kappa shape index (κ3) is 1.37. The van der Waals surface area contributed by atoms with E-state index in [1.807, 2.05) is 0 Å². The molecule has 2 aliphatic rings. The van der Waals surface area contributed by atoms with Gasteiger partial charge in [-0.05, 0) is 24.7 Å². The molecule has 1 fully saturated rings. The van der Waals surface area contributed by atoms with Crippen molar-refractivity contribution in [3.63, 3.8) is 0 Å². The number of rotatable bonds is 1. The molecule has 15 heavy (non-hydrogen) atoms. The van der Waals surface area contributed by atoms with Crippen LogP contribution >= 0.6 is 0 Å². The van der Waals surface area contributed by atoms with Crippen LogP contribution in [0.2, 0.25) is 0 Å². The number of H-pyrrole nitrogens is 2. The maximum Gasteiger partial charge on any atom is 0.325 e. The van der Waals surface area contributed by atoms with Crippen molar-refractivity contribution < 1.29 is 0 Å². The standard InChI is InChI=1S/C11H12N2O2/c14-10-5-9(12-11(15)13-10)8-4-6-1-2-7(8)3-6/h1-2,5-8H,3-4H2,(H2,12,13,14,15). The molecule has 0 aromatic carbocycles. The van der Waals surface area contributed by atoms with E-state index in [1.54, 1.807) is 0 Å². The van der Waals surface area contributed by atoms with E-state index in [0.717, 1.165) is 12.1 Å². The molecule has 0 saturated heterocycles. The summed E-state index contributed by atoms with van der Waals surface area (Å²) >= 11 is 0. The molecule has 3 atom stereocenters. The van der Waals surface area contributed by atoms with Crippen molar-refractivity contribution in [1.82, 2.24) is 9.97 Å². The Morgan fingerprint density at radius 1 is 1.13 bits per heavy atom. The molecule has 0 aliphatic heterocycles. The molecule has 0 spiro atoms. The number of nitrogens with one attached hydrogen (secondary N) is 2. The summed E-state index contributed by atoms with van der Waals surface area (Å²) in [5, 5.41) is 0. The zero-order chi connectivity index (χ0) is 10.4. The van der Waals surface area contributed by atoms with Crippen LogP contribution < -0.4 is 11.2 Å². The summed E-state index contributed by atoms with van der Waals surface area (Å²) in [6.45, 7) is 0. The minimum atomic E-state index is -0.399. The summed E-state index contributed by atoms with van der Waals surface area (Å²) in [6, 6.07) is 1.51. The lowest BCUT2D eigenvalue weighted by atomic mass is 9.90. The number of hydrogen-bond acceptors (Lipinski definition) is 2. The predicted octanol–water partition coefficient (Wildman–Crippen LogP) is 0.743. The average Bonchev–Trinajstić information content (AvgIpc) is 2.76. The van der Waals surface area contributed by atoms with E-state index in [9.17, 15) is 9.59 Å². The second-order valence-electron chi connectivity index (χ2n) is 4.43. The third-order valence-corrected chi connectivity index (χ3v) is 3.46. The Balaban J connectivity index is 2.03. The van der Waals surface area contributed by atoms with Crippen molar-refractivity contribution in [2.24, 2.45) is 11.8 Å². The Morgan fingerprint density at radius 3 is 2.60 bits per heavy atom. The smallest absolute Gasteiger partial charge is 0.311 e. The van der Waals surface area contributed by atoms with Gasteiger partial charge in [0, 0.05) is 17.7 Å². The Labute approximate surface area is 86.0 Å². The first-order chi connectivity index (χ1) is 7.22. The summed E-state index contributed by atoms with van der Waals surface area (Å²) in [6.07, 6.45) is 6.67. The highest BCUT2D eigenvalue weighted by atomic mass is 16.2. The first kappa shape index (κ1) is 8.71. The number of allylic oxidation sites excluding steroid dienone is 2. The van der Waals surface area contributed by atoms with Gasteiger partial charge in [0.25, 0.3) is 5.56 Å². The molecule has 1 aromatic rings. The zero-order valence-electron chi connectivity index (χ0n) is 8.19. The van der Waals surface area contributed by atoms with E-state index in [2.05, 4.69) is 22.1 Å². The molecule has 2 aliphatic carbocycles. The first-order valence-corrected chi connectivity index (χ1v) is 5.24. The van der Waals surface area contributed by atoms with Gasteiger partial charge in [-0.25, -0.2) is 4.79 Å². The molecule has 1 saturated carbocycles. The van der Waals surface area contributed by atoms with Crippen molar-refractivity contribution in [2.75, 3.05) is 0 Å². The van der Waals surface area contributed by atoms with Crippen molar-refractivity contribution in [3.05, 3.63) is 44.8 Å². The number of hydrogen-bond donors (Lipinski definition) is 2. The number of aromatic amines is 2. The Hall–Kier alpha value is -1.58. The zero-order valence-corrected chi connectivity index (χ0v) is 8.19. The van der Waals surface area contributed by atoms with Crippen LogP contribution in [0.5, 0.6) is 0 Å². The van der Waals surface area contributed by atoms with Crippen LogP contribution in [-0.2, 0) is 0 Å². The monoisotopic (exact) mass is 204 g/mol. The lowest BCUT2D eigenvalue weighted by Gasteiger charge is -2.17. The second-order valence-corrected chi connectivity index (χ2v) is 4.43. The van der Waals surface area contributed by atoms with Gasteiger partial charge in [-0.3, -0.25) is 9.78 Å². The highest BCUT2D eigenvalue weighted by Crippen LogP contribution is 2.47. The summed E-state index contributed by atoms with van der Waals surface area (Å²) in [7, 11) is 0. The molecule has 4 heteroatoms. The molecular formula is C11H12N2O2. The van der Waals surface area contributed by atoms with Crippen LogP contribution in [-0.4, -0.2) is 9.97 Å². The van der Waals surface area contributed by atoms with Crippen LogP contribution in [0.15, 0.2) is 27.8 Å². The molecule has 1 aromatic heterocycles. The molecule has 3 rings (SSSR count). The fourth-order valence-electron chi connectivity index (χ4n) is 2.83. The molecule has 0 amide bonds. The van der Waals surface area contributed by atoms with E-state index in [4.69, 9.17) is 0 Å². The van der Waals surface area contributed by atoms with E-state index >= 15 is 0 Å². The largest absolute Gasteiger partial charge is 0.325 e. The minimum absolute atomic E-state index is 0.305. The summed E-state index contributed by atoms with van der Waals surface area (Å²) < 4.78 is 0. The van der Waals surface area contributed by atoms with Crippen LogP contribution in [0.25, 0.3) is 0 Å². The Morgan fingerprint density at radius 2 is 2.00 bits per heavy atom. The predicted molar refractivity (Wildman–Crippen MR) is 55.8 cm³/mol. The van der Waals surface area contributed by atoms with Gasteiger partial charge in [0.05, 0.1) is 0 Å². The Kier molecular flexibility index (Phi) is 1.71. The topological polar surface area (TPSA) is 65.7 Å². The van der Waals surface area contributed by atoms with Gasteiger partial charge in [0.1, 0.15) is 0 Å². The maximum atomic E-state index is 11.2. The summed E-state index contributed by atoms with van der Waals surface area (Å²) in [5.74, 6) is 1.48. The molecule has 2 N–H and O–H groups in total. The fourth-order valence-corrected chi connectivity index (χ4v) is 2.83. The average molecular weight is 204 g/mol. The van der Waals surface area contributed by atoms with Crippen molar-refractivity contribution >= 4 is 0 Å². The Bertz CT molecular complexity index is 498. The second kappa shape index (κ2) is 2.95. The van der Waals surface area contributed by atoms with Gasteiger partial charge in [0.2, 0.25) is 0 Å². The molecule has 2 bridgehead atoms. The van der Waals surface area contributed by atoms with E-state index in [1.165, 1.54) is 12.5 Å². The van der Waals surface area contributed by atoms with Crippen LogP contribution in [0.3, 0.4) is 0 Å². The van der Waals surface area contributed by atoms with Gasteiger partial charge in [-0.15, -0.1) is 0 Å². The third-order valence-electron chi connectivity index (χ3n) is 3.46.